The van der Waals surface area contributed by atoms with Gasteiger partial charge in [-0.15, -0.1) is 11.8 Å². The molecule has 1 fully saturated rings. The van der Waals surface area contributed by atoms with Crippen LogP contribution in [-0.4, -0.2) is 31.8 Å². The Balaban J connectivity index is 1.66. The fourth-order valence-electron chi connectivity index (χ4n) is 4.43. The van der Waals surface area contributed by atoms with Gasteiger partial charge in [-0.25, -0.2) is 4.39 Å². The van der Waals surface area contributed by atoms with Crippen molar-refractivity contribution in [1.82, 2.24) is 0 Å². The van der Waals surface area contributed by atoms with Crippen LogP contribution in [0, 0.1) is 5.82 Å². The molecule has 2 aliphatic heterocycles. The lowest BCUT2D eigenvalue weighted by Gasteiger charge is -2.33. The second-order valence-electron chi connectivity index (χ2n) is 7.73. The molecule has 2 heterocycles. The minimum Gasteiger partial charge on any atom is -0.497 e. The summed E-state index contributed by atoms with van der Waals surface area (Å²) in [6.45, 7) is 0.0638. The third-order valence-corrected chi connectivity index (χ3v) is 7.33. The van der Waals surface area contributed by atoms with E-state index < -0.39 is 4.87 Å². The van der Waals surface area contributed by atoms with Crippen LogP contribution in [0.2, 0.25) is 0 Å². The lowest BCUT2D eigenvalue weighted by molar-refractivity contribution is -0.123. The number of ether oxygens (including phenoxy) is 2. The maximum atomic E-state index is 14.4. The number of carbonyl (C=O) groups is 2. The van der Waals surface area contributed by atoms with Gasteiger partial charge >= 0.3 is 0 Å². The molecule has 1 spiro atoms. The monoisotopic (exact) mass is 464 g/mol. The predicted octanol–water partition coefficient (Wildman–Crippen LogP) is 4.32. The Morgan fingerprint density at radius 3 is 2.33 bits per heavy atom. The molecule has 0 radical (unpaired) electrons. The van der Waals surface area contributed by atoms with Gasteiger partial charge in [0.1, 0.15) is 17.3 Å². The first-order chi connectivity index (χ1) is 16.0. The summed E-state index contributed by atoms with van der Waals surface area (Å²) in [7, 11) is 3.06. The Hall–Kier alpha value is -3.52. The largest absolute Gasteiger partial charge is 0.497 e. The number of hydrogen-bond acceptors (Lipinski definition) is 5. The lowest BCUT2D eigenvalue weighted by atomic mass is 10.0. The Kier molecular flexibility index (Phi) is 5.25. The van der Waals surface area contributed by atoms with E-state index in [4.69, 9.17) is 9.47 Å². The standard InChI is InChI=1S/C25H21FN2O4S/c1-31-18-11-17(12-19(13-18)32-2)28-23(29)15-33-25(28)20-8-4-6-10-22(20)27(24(25)30)14-16-7-3-5-9-21(16)26/h3-13H,14-15H2,1-2H3. The van der Waals surface area contributed by atoms with Crippen LogP contribution < -0.4 is 19.3 Å². The minimum atomic E-state index is -1.30. The number of nitrogens with zero attached hydrogens (tertiary/aromatic N) is 2. The van der Waals surface area contributed by atoms with E-state index in [-0.39, 0.29) is 29.9 Å². The van der Waals surface area contributed by atoms with Crippen molar-refractivity contribution in [3.8, 4) is 11.5 Å². The van der Waals surface area contributed by atoms with Crippen LogP contribution in [0.1, 0.15) is 11.1 Å². The van der Waals surface area contributed by atoms with Crippen molar-refractivity contribution in [1.29, 1.82) is 0 Å². The highest BCUT2D eigenvalue weighted by molar-refractivity contribution is 8.02. The predicted molar refractivity (Wildman–Crippen MR) is 125 cm³/mol. The third-order valence-electron chi connectivity index (χ3n) is 5.94. The summed E-state index contributed by atoms with van der Waals surface area (Å²) in [5.74, 6) is 0.272. The molecule has 0 bridgehead atoms. The van der Waals surface area contributed by atoms with E-state index in [1.54, 1.807) is 41.3 Å². The van der Waals surface area contributed by atoms with Gasteiger partial charge in [-0.1, -0.05) is 36.4 Å². The van der Waals surface area contributed by atoms with Gasteiger partial charge in [-0.05, 0) is 12.1 Å². The maximum Gasteiger partial charge on any atom is 0.269 e. The van der Waals surface area contributed by atoms with Crippen LogP contribution >= 0.6 is 11.8 Å². The highest BCUT2D eigenvalue weighted by atomic mass is 32.2. The summed E-state index contributed by atoms with van der Waals surface area (Å²) in [5.41, 5.74) is 2.26. The summed E-state index contributed by atoms with van der Waals surface area (Å²) in [5, 5.41) is 0. The summed E-state index contributed by atoms with van der Waals surface area (Å²) in [6, 6.07) is 18.9. The molecule has 6 nitrogen and oxygen atoms in total. The van der Waals surface area contributed by atoms with Gasteiger partial charge in [0.25, 0.3) is 5.91 Å². The van der Waals surface area contributed by atoms with Crippen LogP contribution in [0.4, 0.5) is 15.8 Å². The fraction of sp³-hybridized carbons (Fsp3) is 0.200. The highest BCUT2D eigenvalue weighted by Gasteiger charge is 2.61. The molecule has 0 aromatic heterocycles. The van der Waals surface area contributed by atoms with Gasteiger partial charge < -0.3 is 14.4 Å². The van der Waals surface area contributed by atoms with E-state index in [9.17, 15) is 14.0 Å². The smallest absolute Gasteiger partial charge is 0.269 e. The Labute approximate surface area is 194 Å². The second kappa shape index (κ2) is 8.12. The molecule has 1 atom stereocenters. The molecule has 8 heteroatoms. The molecule has 0 saturated carbocycles. The van der Waals surface area contributed by atoms with Gasteiger partial charge in [-0.2, -0.15) is 0 Å². The normalized spacial score (nSPS) is 19.4. The zero-order valence-corrected chi connectivity index (χ0v) is 18.9. The number of anilines is 2. The summed E-state index contributed by atoms with van der Waals surface area (Å²) in [6.07, 6.45) is 0. The molecule has 3 aromatic rings. The Morgan fingerprint density at radius 1 is 0.970 bits per heavy atom. The van der Waals surface area contributed by atoms with E-state index in [1.165, 1.54) is 36.9 Å². The molecule has 1 unspecified atom stereocenters. The molecular weight excluding hydrogens is 443 g/mol. The number of benzene rings is 3. The SMILES string of the molecule is COc1cc(OC)cc(N2C(=O)CSC23C(=O)N(Cc2ccccc2F)c2ccccc23)c1. The molecule has 2 amide bonds. The van der Waals surface area contributed by atoms with Crippen molar-refractivity contribution in [3.05, 3.63) is 83.7 Å². The molecule has 3 aromatic carbocycles. The van der Waals surface area contributed by atoms with E-state index in [0.717, 1.165) is 0 Å². The van der Waals surface area contributed by atoms with Crippen molar-refractivity contribution in [2.24, 2.45) is 0 Å². The van der Waals surface area contributed by atoms with Gasteiger partial charge in [0, 0.05) is 29.3 Å². The third kappa shape index (κ3) is 3.24. The molecule has 168 valence electrons. The maximum absolute atomic E-state index is 14.4. The molecular formula is C25H21FN2O4S. The van der Waals surface area contributed by atoms with Crippen LogP contribution in [0.25, 0.3) is 0 Å². The van der Waals surface area contributed by atoms with Gasteiger partial charge in [0.15, 0.2) is 0 Å². The summed E-state index contributed by atoms with van der Waals surface area (Å²) >= 11 is 1.27. The van der Waals surface area contributed by atoms with Crippen LogP contribution in [0.3, 0.4) is 0 Å². The fourth-order valence-corrected chi connectivity index (χ4v) is 5.79. The zero-order valence-electron chi connectivity index (χ0n) is 18.1. The first-order valence-electron chi connectivity index (χ1n) is 10.3. The van der Waals surface area contributed by atoms with Crippen molar-refractivity contribution in [2.75, 3.05) is 29.8 Å². The number of fused-ring (bicyclic) bond motifs is 2. The van der Waals surface area contributed by atoms with Crippen LogP contribution in [0.15, 0.2) is 66.7 Å². The number of carbonyl (C=O) groups excluding carboxylic acids is 2. The number of hydrogen-bond donors (Lipinski definition) is 0. The van der Waals surface area contributed by atoms with Gasteiger partial charge in [0.2, 0.25) is 10.8 Å². The van der Waals surface area contributed by atoms with Crippen LogP contribution in [-0.2, 0) is 21.0 Å². The van der Waals surface area contributed by atoms with E-state index >= 15 is 0 Å². The van der Waals surface area contributed by atoms with Crippen molar-refractivity contribution in [2.45, 2.75) is 11.4 Å². The molecule has 0 N–H and O–H groups in total. The number of para-hydroxylation sites is 1. The number of methoxy groups -OCH3 is 2. The Bertz CT molecular complexity index is 1240. The Morgan fingerprint density at radius 2 is 1.64 bits per heavy atom. The van der Waals surface area contributed by atoms with Gasteiger partial charge in [0.05, 0.1) is 37.9 Å². The van der Waals surface area contributed by atoms with E-state index in [2.05, 4.69) is 0 Å². The molecule has 1 saturated heterocycles. The highest BCUT2D eigenvalue weighted by Crippen LogP contribution is 2.56. The van der Waals surface area contributed by atoms with Crippen molar-refractivity contribution in [3.63, 3.8) is 0 Å². The number of amides is 2. The average Bonchev–Trinajstić information content (AvgIpc) is 3.31. The quantitative estimate of drug-likeness (QED) is 0.563. The molecule has 33 heavy (non-hydrogen) atoms. The van der Waals surface area contributed by atoms with Gasteiger partial charge in [-0.3, -0.25) is 14.5 Å². The minimum absolute atomic E-state index is 0.0638. The first kappa shape index (κ1) is 21.3. The van der Waals surface area contributed by atoms with E-state index in [0.29, 0.717) is 34.0 Å². The number of halogens is 1. The summed E-state index contributed by atoms with van der Waals surface area (Å²) < 4.78 is 25.2. The lowest BCUT2D eigenvalue weighted by Crippen LogP contribution is -2.49. The molecule has 2 aliphatic rings. The van der Waals surface area contributed by atoms with E-state index in [1.807, 2.05) is 24.3 Å². The average molecular weight is 465 g/mol. The first-order valence-corrected chi connectivity index (χ1v) is 11.3. The topological polar surface area (TPSA) is 59.1 Å². The molecule has 0 aliphatic carbocycles. The second-order valence-corrected chi connectivity index (χ2v) is 8.90. The number of thioether (sulfide) groups is 1. The zero-order chi connectivity index (χ0) is 23.2. The number of rotatable bonds is 5. The van der Waals surface area contributed by atoms with Crippen molar-refractivity contribution < 1.29 is 23.5 Å². The molecule has 5 rings (SSSR count). The van der Waals surface area contributed by atoms with Crippen LogP contribution in [0.5, 0.6) is 11.5 Å². The van der Waals surface area contributed by atoms with Crippen molar-refractivity contribution >= 4 is 35.0 Å². The summed E-state index contributed by atoms with van der Waals surface area (Å²) in [4.78, 5) is 29.1.